The van der Waals surface area contributed by atoms with Crippen LogP contribution in [-0.2, 0) is 4.74 Å². The van der Waals surface area contributed by atoms with Crippen LogP contribution in [0.25, 0.3) is 0 Å². The summed E-state index contributed by atoms with van der Waals surface area (Å²) in [4.78, 5) is 14.1. The first-order chi connectivity index (χ1) is 8.60. The van der Waals surface area contributed by atoms with E-state index in [0.29, 0.717) is 36.9 Å². The first-order valence-corrected chi connectivity index (χ1v) is 7.09. The SMILES string of the molecule is CCOCCN(CC)C(=O)c1ccc(Cl)cc1Br. The molecule has 100 valence electrons. The molecule has 1 aromatic rings. The average molecular weight is 335 g/mol. The quantitative estimate of drug-likeness (QED) is 0.744. The van der Waals surface area contributed by atoms with Crippen LogP contribution in [0.5, 0.6) is 0 Å². The van der Waals surface area contributed by atoms with Crippen molar-refractivity contribution in [1.29, 1.82) is 0 Å². The molecule has 0 fully saturated rings. The molecule has 0 aliphatic heterocycles. The number of ether oxygens (including phenoxy) is 1. The van der Waals surface area contributed by atoms with Crippen molar-refractivity contribution < 1.29 is 9.53 Å². The van der Waals surface area contributed by atoms with Crippen LogP contribution in [0.15, 0.2) is 22.7 Å². The lowest BCUT2D eigenvalue weighted by Crippen LogP contribution is -2.34. The summed E-state index contributed by atoms with van der Waals surface area (Å²) in [5, 5.41) is 0.607. The number of benzene rings is 1. The molecule has 3 nitrogen and oxygen atoms in total. The maximum absolute atomic E-state index is 12.3. The summed E-state index contributed by atoms with van der Waals surface area (Å²) >= 11 is 9.23. The highest BCUT2D eigenvalue weighted by molar-refractivity contribution is 9.10. The van der Waals surface area contributed by atoms with Gasteiger partial charge in [0.25, 0.3) is 5.91 Å². The largest absolute Gasteiger partial charge is 0.380 e. The number of likely N-dealkylation sites (N-methyl/N-ethyl adjacent to an activating group) is 1. The van der Waals surface area contributed by atoms with Gasteiger partial charge in [0.15, 0.2) is 0 Å². The summed E-state index contributed by atoms with van der Waals surface area (Å²) in [6, 6.07) is 5.18. The van der Waals surface area contributed by atoms with E-state index in [2.05, 4.69) is 15.9 Å². The molecular weight excluding hydrogens is 318 g/mol. The molecule has 0 saturated heterocycles. The number of rotatable bonds is 6. The van der Waals surface area contributed by atoms with Crippen LogP contribution in [-0.4, -0.2) is 37.1 Å². The summed E-state index contributed by atoms with van der Waals surface area (Å²) in [7, 11) is 0. The predicted molar refractivity (Wildman–Crippen MR) is 77.2 cm³/mol. The van der Waals surface area contributed by atoms with E-state index in [1.54, 1.807) is 23.1 Å². The maximum atomic E-state index is 12.3. The van der Waals surface area contributed by atoms with E-state index in [-0.39, 0.29) is 5.91 Å². The van der Waals surface area contributed by atoms with Crippen LogP contribution in [0.1, 0.15) is 24.2 Å². The van der Waals surface area contributed by atoms with Gasteiger partial charge in [-0.25, -0.2) is 0 Å². The fourth-order valence-corrected chi connectivity index (χ4v) is 2.41. The standard InChI is InChI=1S/C13H17BrClNO2/c1-3-16(7-8-18-4-2)13(17)11-6-5-10(15)9-12(11)14/h5-6,9H,3-4,7-8H2,1-2H3. The molecule has 5 heteroatoms. The zero-order valence-electron chi connectivity index (χ0n) is 10.6. The monoisotopic (exact) mass is 333 g/mol. The van der Waals surface area contributed by atoms with Crippen molar-refractivity contribution in [3.8, 4) is 0 Å². The van der Waals surface area contributed by atoms with E-state index in [1.165, 1.54) is 0 Å². The van der Waals surface area contributed by atoms with Gasteiger partial charge in [0.05, 0.1) is 12.2 Å². The highest BCUT2D eigenvalue weighted by Gasteiger charge is 2.16. The van der Waals surface area contributed by atoms with Gasteiger partial charge in [-0.05, 0) is 48.0 Å². The molecule has 1 aromatic carbocycles. The Hall–Kier alpha value is -0.580. The zero-order valence-corrected chi connectivity index (χ0v) is 12.9. The second kappa shape index (κ2) is 7.77. The van der Waals surface area contributed by atoms with Crippen LogP contribution >= 0.6 is 27.5 Å². The zero-order chi connectivity index (χ0) is 13.5. The Bertz CT molecular complexity index is 412. The average Bonchev–Trinajstić information content (AvgIpc) is 2.34. The van der Waals surface area contributed by atoms with Gasteiger partial charge in [0.1, 0.15) is 0 Å². The van der Waals surface area contributed by atoms with E-state index < -0.39 is 0 Å². The van der Waals surface area contributed by atoms with Gasteiger partial charge >= 0.3 is 0 Å². The number of hydrogen-bond donors (Lipinski definition) is 0. The van der Waals surface area contributed by atoms with E-state index in [0.717, 1.165) is 4.47 Å². The Morgan fingerprint density at radius 3 is 2.72 bits per heavy atom. The first kappa shape index (κ1) is 15.5. The van der Waals surface area contributed by atoms with Gasteiger partial charge in [-0.3, -0.25) is 4.79 Å². The number of halogens is 2. The number of nitrogens with zero attached hydrogens (tertiary/aromatic N) is 1. The van der Waals surface area contributed by atoms with Crippen LogP contribution in [0.4, 0.5) is 0 Å². The number of amides is 1. The molecule has 0 spiro atoms. The van der Waals surface area contributed by atoms with Crippen molar-refractivity contribution >= 4 is 33.4 Å². The number of hydrogen-bond acceptors (Lipinski definition) is 2. The maximum Gasteiger partial charge on any atom is 0.255 e. The predicted octanol–water partition coefficient (Wildman–Crippen LogP) is 3.60. The van der Waals surface area contributed by atoms with E-state index in [4.69, 9.17) is 16.3 Å². The van der Waals surface area contributed by atoms with Crippen LogP contribution in [0.2, 0.25) is 5.02 Å². The van der Waals surface area contributed by atoms with Gasteiger partial charge in [0, 0.05) is 29.2 Å². The van der Waals surface area contributed by atoms with Crippen molar-refractivity contribution in [2.45, 2.75) is 13.8 Å². The lowest BCUT2D eigenvalue weighted by molar-refractivity contribution is 0.0668. The van der Waals surface area contributed by atoms with Crippen LogP contribution in [0.3, 0.4) is 0 Å². The summed E-state index contributed by atoms with van der Waals surface area (Å²) in [5.41, 5.74) is 0.623. The number of carbonyl (C=O) groups is 1. The summed E-state index contributed by atoms with van der Waals surface area (Å²) in [6.07, 6.45) is 0. The lowest BCUT2D eigenvalue weighted by Gasteiger charge is -2.21. The third-order valence-corrected chi connectivity index (χ3v) is 3.43. The lowest BCUT2D eigenvalue weighted by atomic mass is 10.2. The second-order valence-electron chi connectivity index (χ2n) is 3.71. The third-order valence-electron chi connectivity index (χ3n) is 2.54. The molecule has 1 rings (SSSR count). The van der Waals surface area contributed by atoms with Gasteiger partial charge in [-0.2, -0.15) is 0 Å². The van der Waals surface area contributed by atoms with E-state index in [9.17, 15) is 4.79 Å². The van der Waals surface area contributed by atoms with Crippen molar-refractivity contribution in [1.82, 2.24) is 4.90 Å². The molecular formula is C13H17BrClNO2. The Morgan fingerprint density at radius 1 is 1.44 bits per heavy atom. The molecule has 0 radical (unpaired) electrons. The van der Waals surface area contributed by atoms with Gasteiger partial charge < -0.3 is 9.64 Å². The van der Waals surface area contributed by atoms with Gasteiger partial charge in [0.2, 0.25) is 0 Å². The molecule has 0 unspecified atom stereocenters. The fourth-order valence-electron chi connectivity index (χ4n) is 1.56. The molecule has 0 N–H and O–H groups in total. The smallest absolute Gasteiger partial charge is 0.255 e. The minimum atomic E-state index is -0.0132. The van der Waals surface area contributed by atoms with Crippen LogP contribution in [0, 0.1) is 0 Å². The molecule has 0 bridgehead atoms. The van der Waals surface area contributed by atoms with Gasteiger partial charge in [-0.1, -0.05) is 11.6 Å². The molecule has 0 aliphatic rings. The first-order valence-electron chi connectivity index (χ1n) is 5.92. The number of carbonyl (C=O) groups excluding carboxylic acids is 1. The van der Waals surface area contributed by atoms with Crippen molar-refractivity contribution in [2.75, 3.05) is 26.3 Å². The molecule has 1 amide bonds. The molecule has 0 saturated carbocycles. The van der Waals surface area contributed by atoms with Crippen molar-refractivity contribution in [3.05, 3.63) is 33.3 Å². The van der Waals surface area contributed by atoms with Crippen LogP contribution < -0.4 is 0 Å². The Kier molecular flexibility index (Phi) is 6.68. The Labute approximate surface area is 121 Å². The minimum Gasteiger partial charge on any atom is -0.380 e. The summed E-state index contributed by atoms with van der Waals surface area (Å²) in [5.74, 6) is -0.0132. The molecule has 18 heavy (non-hydrogen) atoms. The highest BCUT2D eigenvalue weighted by atomic mass is 79.9. The molecule has 0 aliphatic carbocycles. The molecule has 0 atom stereocenters. The fraction of sp³-hybridized carbons (Fsp3) is 0.462. The second-order valence-corrected chi connectivity index (χ2v) is 5.00. The summed E-state index contributed by atoms with van der Waals surface area (Å²) < 4.78 is 5.99. The Morgan fingerprint density at radius 2 is 2.17 bits per heavy atom. The third kappa shape index (κ3) is 4.26. The minimum absolute atomic E-state index is 0.0132. The van der Waals surface area contributed by atoms with Crippen molar-refractivity contribution in [3.63, 3.8) is 0 Å². The summed E-state index contributed by atoms with van der Waals surface area (Å²) in [6.45, 7) is 6.36. The highest BCUT2D eigenvalue weighted by Crippen LogP contribution is 2.22. The van der Waals surface area contributed by atoms with Crippen molar-refractivity contribution in [2.24, 2.45) is 0 Å². The molecule has 0 heterocycles. The molecule has 0 aromatic heterocycles. The van der Waals surface area contributed by atoms with E-state index >= 15 is 0 Å². The van der Waals surface area contributed by atoms with E-state index in [1.807, 2.05) is 13.8 Å². The van der Waals surface area contributed by atoms with Gasteiger partial charge in [-0.15, -0.1) is 0 Å². The normalized spacial score (nSPS) is 10.4. The topological polar surface area (TPSA) is 29.5 Å². The Balaban J connectivity index is 2.76.